The number of hydrogen-bond donors (Lipinski definition) is 8. The molecule has 0 unspecified atom stereocenters. The summed E-state index contributed by atoms with van der Waals surface area (Å²) in [6.45, 7) is 3.15. The molecule has 1 aliphatic heterocycles. The zero-order valence-corrected chi connectivity index (χ0v) is 31.1. The molecule has 1 saturated heterocycles. The van der Waals surface area contributed by atoms with E-state index < -0.39 is 66.4 Å². The average molecular weight is 751 g/mol. The van der Waals surface area contributed by atoms with Crippen molar-refractivity contribution in [2.45, 2.75) is 76.2 Å². The van der Waals surface area contributed by atoms with Crippen molar-refractivity contribution >= 4 is 57.0 Å². The number of benzene rings is 4. The van der Waals surface area contributed by atoms with E-state index in [1.807, 2.05) is 98.8 Å². The SMILES string of the molecule is CC(C)C[C@@H]1NC(=O)[C@H](Cc2ccc3ccccc3c2)NC(=O)[C@H](CCCN=C(N)N)NC(=O)[C@H](Cc2ccc3ccccc3c2)NC(=O)[C@H](CO)NC1=O. The number of rotatable bonds is 11. The first-order valence-corrected chi connectivity index (χ1v) is 18.5. The van der Waals surface area contributed by atoms with Crippen LogP contribution in [0.5, 0.6) is 0 Å². The smallest absolute Gasteiger partial charge is 0.245 e. The second-order valence-corrected chi connectivity index (χ2v) is 14.3. The molecular weight excluding hydrogens is 701 g/mol. The van der Waals surface area contributed by atoms with Crippen LogP contribution in [0, 0.1) is 5.92 Å². The van der Waals surface area contributed by atoms with E-state index in [1.54, 1.807) is 0 Å². The summed E-state index contributed by atoms with van der Waals surface area (Å²) in [7, 11) is 0. The van der Waals surface area contributed by atoms with Crippen LogP contribution in [0.15, 0.2) is 89.9 Å². The monoisotopic (exact) mass is 750 g/mol. The first kappa shape index (κ1) is 40.2. The molecule has 0 bridgehead atoms. The topological polar surface area (TPSA) is 230 Å². The second kappa shape index (κ2) is 18.8. The van der Waals surface area contributed by atoms with Gasteiger partial charge in [-0.15, -0.1) is 0 Å². The number of aliphatic imine (C=N–C) groups is 1. The van der Waals surface area contributed by atoms with Gasteiger partial charge < -0.3 is 43.2 Å². The van der Waals surface area contributed by atoms with Crippen molar-refractivity contribution in [3.05, 3.63) is 96.1 Å². The summed E-state index contributed by atoms with van der Waals surface area (Å²) in [5, 5.41) is 27.8. The van der Waals surface area contributed by atoms with E-state index in [0.29, 0.717) is 6.42 Å². The van der Waals surface area contributed by atoms with Gasteiger partial charge in [-0.3, -0.25) is 29.0 Å². The van der Waals surface area contributed by atoms with E-state index in [4.69, 9.17) is 11.5 Å². The summed E-state index contributed by atoms with van der Waals surface area (Å²) in [5.41, 5.74) is 12.5. The second-order valence-electron chi connectivity index (χ2n) is 14.3. The predicted molar refractivity (Wildman–Crippen MR) is 211 cm³/mol. The number of nitrogens with zero attached hydrogens (tertiary/aromatic N) is 1. The van der Waals surface area contributed by atoms with Gasteiger partial charge in [-0.25, -0.2) is 0 Å². The Bertz CT molecular complexity index is 2050. The minimum atomic E-state index is -1.44. The summed E-state index contributed by atoms with van der Waals surface area (Å²) in [5.74, 6) is -3.67. The van der Waals surface area contributed by atoms with E-state index in [0.717, 1.165) is 32.7 Å². The van der Waals surface area contributed by atoms with Crippen molar-refractivity contribution in [3.63, 3.8) is 0 Å². The first-order chi connectivity index (χ1) is 26.4. The summed E-state index contributed by atoms with van der Waals surface area (Å²) < 4.78 is 0. The molecule has 5 atom stereocenters. The molecule has 10 N–H and O–H groups in total. The van der Waals surface area contributed by atoms with Crippen molar-refractivity contribution in [1.29, 1.82) is 0 Å². The molecule has 55 heavy (non-hydrogen) atoms. The minimum Gasteiger partial charge on any atom is -0.394 e. The van der Waals surface area contributed by atoms with Crippen LogP contribution in [0.1, 0.15) is 44.2 Å². The fourth-order valence-electron chi connectivity index (χ4n) is 6.65. The highest BCUT2D eigenvalue weighted by atomic mass is 16.3. The molecule has 4 aromatic rings. The number of aliphatic hydroxyl groups is 1. The maximum atomic E-state index is 14.2. The van der Waals surface area contributed by atoms with Crippen LogP contribution in [-0.4, -0.2) is 84.0 Å². The maximum Gasteiger partial charge on any atom is 0.245 e. The van der Waals surface area contributed by atoms with Crippen molar-refractivity contribution in [2.75, 3.05) is 13.2 Å². The van der Waals surface area contributed by atoms with E-state index >= 15 is 0 Å². The standard InChI is InChI=1S/C41H50N8O6/c1-24(2)18-32-37(52)49-35(23-50)40(55)48-33(21-25-13-15-27-8-3-5-10-29(27)19-25)38(53)45-31(12-7-17-44-41(42)43)36(51)47-34(39(54)46-32)22-26-14-16-28-9-4-6-11-30(28)20-26/h3-6,8-11,13-16,19-20,24,31-35,50H,7,12,17-18,21-23H2,1-2H3,(H,45,53)(H,46,54)(H,47,51)(H,48,55)(H,49,52)(H4,42,43,44)/t31-,32-,33-,34-,35-/m0/s1. The molecule has 14 nitrogen and oxygen atoms in total. The summed E-state index contributed by atoms with van der Waals surface area (Å²) in [4.78, 5) is 73.9. The van der Waals surface area contributed by atoms with E-state index in [2.05, 4.69) is 31.6 Å². The van der Waals surface area contributed by atoms with Crippen molar-refractivity contribution in [1.82, 2.24) is 26.6 Å². The van der Waals surface area contributed by atoms with Crippen molar-refractivity contribution in [3.8, 4) is 0 Å². The molecule has 5 amide bonds. The Morgan fingerprint density at radius 2 is 1.02 bits per heavy atom. The molecule has 0 aliphatic carbocycles. The van der Waals surface area contributed by atoms with Gasteiger partial charge in [0, 0.05) is 19.4 Å². The third kappa shape index (κ3) is 11.2. The lowest BCUT2D eigenvalue weighted by Crippen LogP contribution is -2.59. The largest absolute Gasteiger partial charge is 0.394 e. The molecule has 5 rings (SSSR count). The Balaban J connectivity index is 1.53. The van der Waals surface area contributed by atoms with Gasteiger partial charge in [-0.2, -0.15) is 0 Å². The molecule has 14 heteroatoms. The van der Waals surface area contributed by atoms with Gasteiger partial charge in [0.15, 0.2) is 5.96 Å². The van der Waals surface area contributed by atoms with E-state index in [1.165, 1.54) is 0 Å². The molecule has 0 saturated carbocycles. The zero-order valence-electron chi connectivity index (χ0n) is 31.1. The Morgan fingerprint density at radius 3 is 1.51 bits per heavy atom. The van der Waals surface area contributed by atoms with Gasteiger partial charge in [0.05, 0.1) is 6.61 Å². The number of aliphatic hydroxyl groups excluding tert-OH is 1. The van der Waals surface area contributed by atoms with Gasteiger partial charge in [-0.1, -0.05) is 98.8 Å². The summed E-state index contributed by atoms with van der Waals surface area (Å²) >= 11 is 0. The summed E-state index contributed by atoms with van der Waals surface area (Å²) in [6.07, 6.45) is 0.673. The molecule has 1 fully saturated rings. The highest BCUT2D eigenvalue weighted by Gasteiger charge is 2.35. The average Bonchev–Trinajstić information content (AvgIpc) is 3.16. The van der Waals surface area contributed by atoms with Gasteiger partial charge in [-0.05, 0) is 57.9 Å². The highest BCUT2D eigenvalue weighted by molar-refractivity contribution is 5.98. The quantitative estimate of drug-likeness (QED) is 0.0632. The molecular formula is C41H50N8O6. The number of hydrogen-bond acceptors (Lipinski definition) is 7. The van der Waals surface area contributed by atoms with E-state index in [9.17, 15) is 29.1 Å². The molecule has 0 aromatic heterocycles. The molecule has 0 radical (unpaired) electrons. The normalized spacial score (nSPS) is 21.5. The summed E-state index contributed by atoms with van der Waals surface area (Å²) in [6, 6.07) is 20.7. The Morgan fingerprint density at radius 1 is 0.600 bits per heavy atom. The number of nitrogens with one attached hydrogen (secondary N) is 5. The van der Waals surface area contributed by atoms with Gasteiger partial charge in [0.25, 0.3) is 0 Å². The number of amides is 5. The molecule has 0 spiro atoms. The zero-order chi connectivity index (χ0) is 39.5. The lowest BCUT2D eigenvalue weighted by Gasteiger charge is -2.26. The Labute approximate surface area is 319 Å². The van der Waals surface area contributed by atoms with Crippen LogP contribution in [0.2, 0.25) is 0 Å². The minimum absolute atomic E-state index is 0.0252. The number of carbonyl (C=O) groups is 5. The van der Waals surface area contributed by atoms with Gasteiger partial charge in [0.2, 0.25) is 29.5 Å². The number of nitrogens with two attached hydrogens (primary N) is 2. The van der Waals surface area contributed by atoms with Crippen molar-refractivity contribution in [2.24, 2.45) is 22.4 Å². The maximum absolute atomic E-state index is 14.2. The highest BCUT2D eigenvalue weighted by Crippen LogP contribution is 2.19. The van der Waals surface area contributed by atoms with Crippen molar-refractivity contribution < 1.29 is 29.1 Å². The van der Waals surface area contributed by atoms with Gasteiger partial charge >= 0.3 is 0 Å². The Kier molecular flexibility index (Phi) is 13.8. The number of carbonyl (C=O) groups excluding carboxylic acids is 5. The van der Waals surface area contributed by atoms with Crippen LogP contribution in [0.25, 0.3) is 21.5 Å². The third-order valence-corrected chi connectivity index (χ3v) is 9.51. The van der Waals surface area contributed by atoms with Crippen LogP contribution in [0.4, 0.5) is 0 Å². The van der Waals surface area contributed by atoms with Gasteiger partial charge in [0.1, 0.15) is 30.2 Å². The third-order valence-electron chi connectivity index (χ3n) is 9.51. The number of guanidine groups is 1. The lowest BCUT2D eigenvalue weighted by molar-refractivity contribution is -0.134. The first-order valence-electron chi connectivity index (χ1n) is 18.5. The molecule has 1 heterocycles. The van der Waals surface area contributed by atoms with Crippen LogP contribution < -0.4 is 38.1 Å². The van der Waals surface area contributed by atoms with Crippen LogP contribution in [-0.2, 0) is 36.8 Å². The fraction of sp³-hybridized carbons (Fsp3) is 0.366. The van der Waals surface area contributed by atoms with Crippen LogP contribution in [0.3, 0.4) is 0 Å². The van der Waals surface area contributed by atoms with E-state index in [-0.39, 0.29) is 44.1 Å². The Hall–Kier alpha value is -6.02. The fourth-order valence-corrected chi connectivity index (χ4v) is 6.65. The lowest BCUT2D eigenvalue weighted by atomic mass is 9.99. The molecule has 290 valence electrons. The number of fused-ring (bicyclic) bond motifs is 2. The molecule has 4 aromatic carbocycles. The molecule has 1 aliphatic rings. The van der Waals surface area contributed by atoms with Crippen LogP contribution >= 0.6 is 0 Å². The predicted octanol–water partition coefficient (Wildman–Crippen LogP) is 1.31.